The molecule has 2 N–H and O–H groups in total. The molecule has 2 rings (SSSR count). The van der Waals surface area contributed by atoms with Crippen LogP contribution in [0.2, 0.25) is 0 Å². The normalized spacial score (nSPS) is 17.3. The summed E-state index contributed by atoms with van der Waals surface area (Å²) in [5.74, 6) is -0.364. The number of carboxylic acids is 1. The van der Waals surface area contributed by atoms with E-state index in [-0.39, 0.29) is 12.2 Å². The predicted molar refractivity (Wildman–Crippen MR) is 89.4 cm³/mol. The fourth-order valence-electron chi connectivity index (χ4n) is 2.91. The highest BCUT2D eigenvalue weighted by Gasteiger charge is 2.35. The number of hydrogen-bond donors (Lipinski definition) is 2. The van der Waals surface area contributed by atoms with E-state index < -0.39 is 17.4 Å². The first kappa shape index (κ1) is 18.1. The molecule has 24 heavy (non-hydrogen) atoms. The first-order valence-electron chi connectivity index (χ1n) is 8.15. The van der Waals surface area contributed by atoms with Crippen LogP contribution in [0.4, 0.5) is 0 Å². The molecule has 1 aromatic carbocycles. The number of carbonyl (C=O) groups excluding carboxylic acids is 1. The quantitative estimate of drug-likeness (QED) is 0.800. The van der Waals surface area contributed by atoms with Crippen molar-refractivity contribution in [1.82, 2.24) is 5.32 Å². The number of benzene rings is 1. The van der Waals surface area contributed by atoms with Gasteiger partial charge in [0, 0.05) is 12.0 Å². The minimum Gasteiger partial charge on any atom is -0.483 e. The predicted octanol–water partition coefficient (Wildman–Crippen LogP) is 2.54. The van der Waals surface area contributed by atoms with E-state index in [0.29, 0.717) is 24.3 Å². The van der Waals surface area contributed by atoms with Gasteiger partial charge in [-0.25, -0.2) is 4.79 Å². The summed E-state index contributed by atoms with van der Waals surface area (Å²) in [6.07, 6.45) is 1.78. The van der Waals surface area contributed by atoms with Crippen molar-refractivity contribution in [3.8, 4) is 11.5 Å². The zero-order valence-electron chi connectivity index (χ0n) is 14.6. The second-order valence-electron chi connectivity index (χ2n) is 7.01. The van der Waals surface area contributed by atoms with Crippen LogP contribution in [-0.2, 0) is 16.0 Å². The van der Waals surface area contributed by atoms with Gasteiger partial charge in [0.15, 0.2) is 18.1 Å². The molecular weight excluding hydrogens is 310 g/mol. The van der Waals surface area contributed by atoms with Gasteiger partial charge < -0.3 is 19.9 Å². The highest BCUT2D eigenvalue weighted by Crippen LogP contribution is 2.41. The molecule has 0 saturated heterocycles. The van der Waals surface area contributed by atoms with E-state index >= 15 is 0 Å². The number of ether oxygens (including phenoxy) is 2. The number of hydrogen-bond acceptors (Lipinski definition) is 4. The van der Waals surface area contributed by atoms with Crippen molar-refractivity contribution in [2.45, 2.75) is 58.1 Å². The van der Waals surface area contributed by atoms with Gasteiger partial charge in [-0.1, -0.05) is 25.5 Å². The lowest BCUT2D eigenvalue weighted by Gasteiger charge is -2.25. The third-order valence-electron chi connectivity index (χ3n) is 4.05. The van der Waals surface area contributed by atoms with Crippen molar-refractivity contribution in [3.63, 3.8) is 0 Å². The van der Waals surface area contributed by atoms with Crippen LogP contribution in [0.3, 0.4) is 0 Å². The van der Waals surface area contributed by atoms with Crippen molar-refractivity contribution in [2.75, 3.05) is 6.61 Å². The molecule has 0 fully saturated rings. The van der Waals surface area contributed by atoms with Gasteiger partial charge >= 0.3 is 5.97 Å². The van der Waals surface area contributed by atoms with Gasteiger partial charge in [-0.3, -0.25) is 4.79 Å². The molecule has 1 heterocycles. The maximum Gasteiger partial charge on any atom is 0.329 e. The van der Waals surface area contributed by atoms with Crippen LogP contribution in [0.1, 0.15) is 46.1 Å². The Morgan fingerprint density at radius 3 is 2.75 bits per heavy atom. The van der Waals surface area contributed by atoms with Gasteiger partial charge in [0.1, 0.15) is 11.1 Å². The van der Waals surface area contributed by atoms with Crippen LogP contribution >= 0.6 is 0 Å². The molecule has 0 spiro atoms. The van der Waals surface area contributed by atoms with Gasteiger partial charge in [0.25, 0.3) is 5.91 Å². The van der Waals surface area contributed by atoms with Gasteiger partial charge in [-0.05, 0) is 33.3 Å². The molecule has 6 heteroatoms. The molecule has 6 nitrogen and oxygen atoms in total. The zero-order chi connectivity index (χ0) is 18.0. The summed E-state index contributed by atoms with van der Waals surface area (Å²) in [6.45, 7) is 7.10. The van der Waals surface area contributed by atoms with Crippen LogP contribution in [0.25, 0.3) is 0 Å². The Morgan fingerprint density at radius 2 is 2.12 bits per heavy atom. The van der Waals surface area contributed by atoms with Gasteiger partial charge in [-0.15, -0.1) is 0 Å². The SMILES string of the molecule is CCCC(C)(NC(=O)COc1cccc2c1OC(C)(C)C2)C(=O)O. The molecule has 0 radical (unpaired) electrons. The van der Waals surface area contributed by atoms with E-state index in [0.717, 1.165) is 12.0 Å². The highest BCUT2D eigenvalue weighted by atomic mass is 16.5. The Kier molecular flexibility index (Phi) is 5.06. The fraction of sp³-hybridized carbons (Fsp3) is 0.556. The standard InChI is InChI=1S/C18H25NO5/c1-5-9-18(4,16(21)22)19-14(20)11-23-13-8-6-7-12-10-17(2,3)24-15(12)13/h6-8H,5,9-11H2,1-4H3,(H,19,20)(H,21,22). The molecule has 1 aliphatic heterocycles. The summed E-state index contributed by atoms with van der Waals surface area (Å²) in [5, 5.41) is 11.9. The van der Waals surface area contributed by atoms with E-state index in [2.05, 4.69) is 5.32 Å². The summed E-state index contributed by atoms with van der Waals surface area (Å²) in [4.78, 5) is 23.5. The van der Waals surface area contributed by atoms with Gasteiger partial charge in [0.05, 0.1) is 0 Å². The van der Waals surface area contributed by atoms with Crippen LogP contribution in [0.15, 0.2) is 18.2 Å². The maximum absolute atomic E-state index is 12.1. The molecule has 132 valence electrons. The Labute approximate surface area is 142 Å². The number of carboxylic acid groups (broad SMARTS) is 1. The average Bonchev–Trinajstić information content (AvgIpc) is 2.79. The topological polar surface area (TPSA) is 84.9 Å². The number of rotatable bonds is 7. The first-order chi connectivity index (χ1) is 11.2. The van der Waals surface area contributed by atoms with E-state index in [4.69, 9.17) is 9.47 Å². The van der Waals surface area contributed by atoms with E-state index in [1.807, 2.05) is 32.9 Å². The Bertz CT molecular complexity index is 640. The van der Waals surface area contributed by atoms with E-state index in [1.54, 1.807) is 6.07 Å². The van der Waals surface area contributed by atoms with Gasteiger partial charge in [-0.2, -0.15) is 0 Å². The van der Waals surface area contributed by atoms with Crippen molar-refractivity contribution in [3.05, 3.63) is 23.8 Å². The highest BCUT2D eigenvalue weighted by molar-refractivity contribution is 5.87. The smallest absolute Gasteiger partial charge is 0.329 e. The Morgan fingerprint density at radius 1 is 1.42 bits per heavy atom. The van der Waals surface area contributed by atoms with Crippen molar-refractivity contribution < 1.29 is 24.2 Å². The first-order valence-corrected chi connectivity index (χ1v) is 8.15. The molecule has 0 aromatic heterocycles. The summed E-state index contributed by atoms with van der Waals surface area (Å²) in [7, 11) is 0. The zero-order valence-corrected chi connectivity index (χ0v) is 14.6. The van der Waals surface area contributed by atoms with Crippen molar-refractivity contribution in [1.29, 1.82) is 0 Å². The lowest BCUT2D eigenvalue weighted by Crippen LogP contribution is -2.53. The summed E-state index contributed by atoms with van der Waals surface area (Å²) < 4.78 is 11.5. The molecule has 1 amide bonds. The maximum atomic E-state index is 12.1. The number of carbonyl (C=O) groups is 2. The third kappa shape index (κ3) is 3.99. The molecule has 1 aliphatic rings. The van der Waals surface area contributed by atoms with Gasteiger partial charge in [0.2, 0.25) is 0 Å². The number of amides is 1. The van der Waals surface area contributed by atoms with E-state index in [1.165, 1.54) is 6.92 Å². The second-order valence-corrected chi connectivity index (χ2v) is 7.01. The fourth-order valence-corrected chi connectivity index (χ4v) is 2.91. The van der Waals surface area contributed by atoms with Crippen LogP contribution in [-0.4, -0.2) is 34.7 Å². The Balaban J connectivity index is 2.01. The van der Waals surface area contributed by atoms with Crippen LogP contribution < -0.4 is 14.8 Å². The summed E-state index contributed by atoms with van der Waals surface area (Å²) >= 11 is 0. The number of nitrogens with one attached hydrogen (secondary N) is 1. The lowest BCUT2D eigenvalue weighted by atomic mass is 9.96. The minimum absolute atomic E-state index is 0.257. The van der Waals surface area contributed by atoms with E-state index in [9.17, 15) is 14.7 Å². The Hall–Kier alpha value is -2.24. The minimum atomic E-state index is -1.29. The molecule has 1 atom stereocenters. The summed E-state index contributed by atoms with van der Waals surface area (Å²) in [5.41, 5.74) is -0.543. The second kappa shape index (κ2) is 6.71. The van der Waals surface area contributed by atoms with Crippen molar-refractivity contribution in [2.24, 2.45) is 0 Å². The number of para-hydroxylation sites is 1. The summed E-state index contributed by atoms with van der Waals surface area (Å²) in [6, 6.07) is 5.57. The molecule has 0 saturated carbocycles. The monoisotopic (exact) mass is 335 g/mol. The van der Waals surface area contributed by atoms with Crippen LogP contribution in [0.5, 0.6) is 11.5 Å². The van der Waals surface area contributed by atoms with Crippen molar-refractivity contribution >= 4 is 11.9 Å². The lowest BCUT2D eigenvalue weighted by molar-refractivity contribution is -0.147. The number of fused-ring (bicyclic) bond motifs is 1. The largest absolute Gasteiger partial charge is 0.483 e. The molecular formula is C18H25NO5. The third-order valence-corrected chi connectivity index (χ3v) is 4.05. The molecule has 1 unspecified atom stereocenters. The molecule has 0 bridgehead atoms. The number of aliphatic carboxylic acids is 1. The molecule has 1 aromatic rings. The average molecular weight is 335 g/mol. The molecule has 0 aliphatic carbocycles. The van der Waals surface area contributed by atoms with Crippen LogP contribution in [0, 0.1) is 0 Å².